The molecular weight excluding hydrogens is 374 g/mol. The first-order valence-corrected chi connectivity index (χ1v) is 8.76. The molecule has 0 radical (unpaired) electrons. The van der Waals surface area contributed by atoms with Gasteiger partial charge in [0.1, 0.15) is 6.10 Å². The van der Waals surface area contributed by atoms with E-state index in [1.165, 1.54) is 0 Å². The van der Waals surface area contributed by atoms with Gasteiger partial charge >= 0.3 is 6.36 Å². The molecule has 2 nitrogen and oxygen atoms in total. The van der Waals surface area contributed by atoms with Crippen molar-refractivity contribution in [3.63, 3.8) is 0 Å². The van der Waals surface area contributed by atoms with Crippen LogP contribution < -0.4 is 4.74 Å². The first kappa shape index (κ1) is 21.6. The summed E-state index contributed by atoms with van der Waals surface area (Å²) in [4.78, 5) is 0. The fraction of sp³-hybridized carbons (Fsp3) is 0.579. The minimum absolute atomic E-state index is 0.162. The molecule has 1 saturated carbocycles. The zero-order chi connectivity index (χ0) is 20.0. The predicted octanol–water partition coefficient (Wildman–Crippen LogP) is 6.26. The number of alkyl halides is 5. The molecule has 0 N–H and O–H groups in total. The molecule has 0 aliphatic heterocycles. The topological polar surface area (TPSA) is 18.5 Å². The number of allylic oxidation sites excluding steroid dienone is 2. The van der Waals surface area contributed by atoms with E-state index in [1.807, 2.05) is 13.0 Å². The molecule has 0 saturated heterocycles. The Labute approximate surface area is 154 Å². The van der Waals surface area contributed by atoms with Gasteiger partial charge in [0.25, 0.3) is 6.43 Å². The van der Waals surface area contributed by atoms with E-state index < -0.39 is 30.5 Å². The van der Waals surface area contributed by atoms with Crippen molar-refractivity contribution in [3.05, 3.63) is 41.7 Å². The van der Waals surface area contributed by atoms with Crippen LogP contribution in [0, 0.1) is 17.7 Å². The molecule has 2 rings (SSSR count). The first-order chi connectivity index (χ1) is 12.7. The predicted molar refractivity (Wildman–Crippen MR) is 87.9 cm³/mol. The first-order valence-electron chi connectivity index (χ1n) is 8.76. The fourth-order valence-electron chi connectivity index (χ4n) is 3.39. The zero-order valence-corrected chi connectivity index (χ0v) is 14.8. The van der Waals surface area contributed by atoms with Crippen molar-refractivity contribution in [1.82, 2.24) is 0 Å². The van der Waals surface area contributed by atoms with Crippen molar-refractivity contribution in [2.45, 2.75) is 58.1 Å². The van der Waals surface area contributed by atoms with Crippen LogP contribution in [0.1, 0.15) is 38.2 Å². The number of ether oxygens (including phenoxy) is 2. The number of benzene rings is 1. The van der Waals surface area contributed by atoms with E-state index in [0.717, 1.165) is 31.0 Å². The maximum Gasteiger partial charge on any atom is 0.573 e. The van der Waals surface area contributed by atoms with Crippen LogP contribution in [0.3, 0.4) is 0 Å². The van der Waals surface area contributed by atoms with Crippen molar-refractivity contribution < 1.29 is 35.8 Å². The summed E-state index contributed by atoms with van der Waals surface area (Å²) in [6, 6.07) is 2.77. The average Bonchev–Trinajstić information content (AvgIpc) is 2.58. The van der Waals surface area contributed by atoms with E-state index >= 15 is 0 Å². The average molecular weight is 396 g/mol. The fourth-order valence-corrected chi connectivity index (χ4v) is 3.39. The lowest BCUT2D eigenvalue weighted by Gasteiger charge is -2.32. The third-order valence-electron chi connectivity index (χ3n) is 4.66. The molecule has 1 aliphatic rings. The molecule has 0 spiro atoms. The molecule has 1 aliphatic carbocycles. The molecular formula is C19H22F6O2. The minimum atomic E-state index is -5.01. The Balaban J connectivity index is 1.95. The van der Waals surface area contributed by atoms with Crippen LogP contribution in [0.2, 0.25) is 0 Å². The van der Waals surface area contributed by atoms with Gasteiger partial charge in [0, 0.05) is 0 Å². The summed E-state index contributed by atoms with van der Waals surface area (Å²) in [5, 5.41) is 0. The summed E-state index contributed by atoms with van der Waals surface area (Å²) in [6.45, 7) is 1.61. The largest absolute Gasteiger partial charge is 0.573 e. The molecule has 1 aromatic rings. The highest BCUT2D eigenvalue weighted by Gasteiger charge is 2.34. The van der Waals surface area contributed by atoms with Crippen LogP contribution in [-0.4, -0.2) is 18.9 Å². The zero-order valence-electron chi connectivity index (χ0n) is 14.8. The number of halogens is 6. The van der Waals surface area contributed by atoms with Gasteiger partial charge in [-0.2, -0.15) is 0 Å². The normalized spacial score (nSPS) is 22.4. The molecule has 27 heavy (non-hydrogen) atoms. The summed E-state index contributed by atoms with van der Waals surface area (Å²) in [5.74, 6) is -2.11. The van der Waals surface area contributed by atoms with Crippen LogP contribution in [0.25, 0.3) is 0 Å². The van der Waals surface area contributed by atoms with Crippen LogP contribution in [0.15, 0.2) is 30.4 Å². The molecule has 0 bridgehead atoms. The van der Waals surface area contributed by atoms with Crippen LogP contribution >= 0.6 is 0 Å². The van der Waals surface area contributed by atoms with Gasteiger partial charge in [0.15, 0.2) is 11.6 Å². The van der Waals surface area contributed by atoms with Crippen LogP contribution in [-0.2, 0) is 11.3 Å². The van der Waals surface area contributed by atoms with Crippen LogP contribution in [0.5, 0.6) is 5.75 Å². The van der Waals surface area contributed by atoms with Crippen LogP contribution in [0.4, 0.5) is 26.3 Å². The highest BCUT2D eigenvalue weighted by Crippen LogP contribution is 2.35. The van der Waals surface area contributed by atoms with E-state index in [0.29, 0.717) is 18.8 Å². The van der Waals surface area contributed by atoms with E-state index in [2.05, 4.69) is 10.8 Å². The molecule has 152 valence electrons. The Hall–Kier alpha value is -1.70. The summed E-state index contributed by atoms with van der Waals surface area (Å²) in [7, 11) is 0. The highest BCUT2D eigenvalue weighted by molar-refractivity contribution is 5.29. The van der Waals surface area contributed by atoms with Gasteiger partial charge in [-0.25, -0.2) is 13.2 Å². The summed E-state index contributed by atoms with van der Waals surface area (Å²) < 4.78 is 85.8. The molecule has 1 fully saturated rings. The Morgan fingerprint density at radius 2 is 1.81 bits per heavy atom. The third kappa shape index (κ3) is 6.75. The van der Waals surface area contributed by atoms with Gasteiger partial charge < -0.3 is 9.47 Å². The minimum Gasteiger partial charge on any atom is -0.403 e. The number of rotatable bonds is 7. The summed E-state index contributed by atoms with van der Waals surface area (Å²) in [5.41, 5.74) is 0.162. The van der Waals surface area contributed by atoms with Crippen molar-refractivity contribution in [2.75, 3.05) is 0 Å². The second-order valence-corrected chi connectivity index (χ2v) is 6.62. The third-order valence-corrected chi connectivity index (χ3v) is 4.66. The molecule has 0 amide bonds. The van der Waals surface area contributed by atoms with Gasteiger partial charge in [-0.05, 0) is 62.1 Å². The number of hydrogen-bond acceptors (Lipinski definition) is 2. The second kappa shape index (κ2) is 9.48. The SMILES string of the molecule is C/C=C/C1CCC(C(OCc2ccc(OC(F)(F)F)c(F)c2)C(F)F)CC1. The smallest absolute Gasteiger partial charge is 0.403 e. The van der Waals surface area contributed by atoms with Gasteiger partial charge in [0.05, 0.1) is 6.61 Å². The van der Waals surface area contributed by atoms with Gasteiger partial charge in [-0.15, -0.1) is 13.2 Å². The monoisotopic (exact) mass is 396 g/mol. The highest BCUT2D eigenvalue weighted by atomic mass is 19.4. The Morgan fingerprint density at radius 1 is 1.15 bits per heavy atom. The van der Waals surface area contributed by atoms with Gasteiger partial charge in [-0.3, -0.25) is 0 Å². The standard InChI is InChI=1S/C19H22F6O2/c1-2-3-12-4-7-14(8-5-12)17(18(21)22)26-11-13-6-9-16(15(20)10-13)27-19(23,24)25/h2-3,6,9-10,12,14,17-18H,4-5,7-8,11H2,1H3/b3-2+. The number of hydrogen-bond donors (Lipinski definition) is 0. The van der Waals surface area contributed by atoms with Gasteiger partial charge in [-0.1, -0.05) is 18.2 Å². The van der Waals surface area contributed by atoms with E-state index in [9.17, 15) is 26.3 Å². The van der Waals surface area contributed by atoms with Gasteiger partial charge in [0.2, 0.25) is 0 Å². The Kier molecular flexibility index (Phi) is 7.59. The Bertz CT molecular complexity index is 621. The molecule has 8 heteroatoms. The quantitative estimate of drug-likeness (QED) is 0.400. The van der Waals surface area contributed by atoms with E-state index in [1.54, 1.807) is 0 Å². The summed E-state index contributed by atoms with van der Waals surface area (Å²) in [6.07, 6.45) is -2.14. The lowest BCUT2D eigenvalue weighted by atomic mass is 9.79. The maximum atomic E-state index is 13.7. The van der Waals surface area contributed by atoms with Crippen molar-refractivity contribution in [3.8, 4) is 5.75 Å². The lowest BCUT2D eigenvalue weighted by Crippen LogP contribution is -2.33. The molecule has 1 aromatic carbocycles. The Morgan fingerprint density at radius 3 is 2.33 bits per heavy atom. The molecule has 0 heterocycles. The van der Waals surface area contributed by atoms with Crippen molar-refractivity contribution >= 4 is 0 Å². The van der Waals surface area contributed by atoms with E-state index in [4.69, 9.17) is 4.74 Å². The maximum absolute atomic E-state index is 13.7. The molecule has 0 aromatic heterocycles. The molecule has 1 atom stereocenters. The lowest BCUT2D eigenvalue weighted by molar-refractivity contribution is -0.275. The molecule has 1 unspecified atom stereocenters. The second-order valence-electron chi connectivity index (χ2n) is 6.62. The van der Waals surface area contributed by atoms with Crippen molar-refractivity contribution in [2.24, 2.45) is 11.8 Å². The summed E-state index contributed by atoms with van der Waals surface area (Å²) >= 11 is 0. The van der Waals surface area contributed by atoms with Crippen molar-refractivity contribution in [1.29, 1.82) is 0 Å². The van der Waals surface area contributed by atoms with E-state index in [-0.39, 0.29) is 18.1 Å².